The minimum atomic E-state index is -0.0943. The molecular weight excluding hydrogens is 216 g/mol. The summed E-state index contributed by atoms with van der Waals surface area (Å²) < 4.78 is 0. The molecule has 86 valence electrons. The Morgan fingerprint density at radius 3 is 2.53 bits per heavy atom. The van der Waals surface area contributed by atoms with Crippen LogP contribution >= 0.6 is 11.6 Å². The molecule has 1 fully saturated rings. The molecule has 0 aromatic carbocycles. The van der Waals surface area contributed by atoms with E-state index in [1.54, 1.807) is 4.90 Å². The first-order valence-corrected chi connectivity index (χ1v) is 5.88. The predicted molar refractivity (Wildman–Crippen MR) is 58.8 cm³/mol. The standard InChI is InChI=1S/C10H17ClN2O2/c11-5-3-4-9(14)12-8-10(15)13-6-1-2-7-13/h1-8H2,(H,12,14). The van der Waals surface area contributed by atoms with Crippen molar-refractivity contribution in [3.63, 3.8) is 0 Å². The second kappa shape index (κ2) is 6.67. The van der Waals surface area contributed by atoms with Crippen LogP contribution in [0.25, 0.3) is 0 Å². The number of carbonyl (C=O) groups excluding carboxylic acids is 2. The number of nitrogens with one attached hydrogen (secondary N) is 1. The van der Waals surface area contributed by atoms with Crippen LogP contribution in [0.4, 0.5) is 0 Å². The molecule has 0 bridgehead atoms. The Balaban J connectivity index is 2.12. The molecule has 0 aliphatic carbocycles. The van der Waals surface area contributed by atoms with Crippen molar-refractivity contribution in [2.75, 3.05) is 25.5 Å². The third-order valence-electron chi connectivity index (χ3n) is 2.43. The summed E-state index contributed by atoms with van der Waals surface area (Å²) in [6.45, 7) is 1.79. The Morgan fingerprint density at radius 1 is 1.27 bits per heavy atom. The summed E-state index contributed by atoms with van der Waals surface area (Å²) in [6.07, 6.45) is 3.21. The van der Waals surface area contributed by atoms with E-state index >= 15 is 0 Å². The minimum absolute atomic E-state index is 0.0201. The van der Waals surface area contributed by atoms with Crippen molar-refractivity contribution in [1.29, 1.82) is 0 Å². The van der Waals surface area contributed by atoms with Crippen molar-refractivity contribution in [3.05, 3.63) is 0 Å². The second-order valence-corrected chi connectivity index (χ2v) is 4.04. The largest absolute Gasteiger partial charge is 0.347 e. The lowest BCUT2D eigenvalue weighted by molar-refractivity contribution is -0.132. The Labute approximate surface area is 95.0 Å². The van der Waals surface area contributed by atoms with Gasteiger partial charge in [0.1, 0.15) is 0 Å². The minimum Gasteiger partial charge on any atom is -0.347 e. The molecule has 0 aromatic heterocycles. The topological polar surface area (TPSA) is 49.4 Å². The fourth-order valence-electron chi connectivity index (χ4n) is 1.57. The molecule has 1 saturated heterocycles. The Bertz CT molecular complexity index is 227. The molecule has 1 rings (SSSR count). The number of amides is 2. The van der Waals surface area contributed by atoms with Gasteiger partial charge in [0.25, 0.3) is 0 Å². The van der Waals surface area contributed by atoms with Crippen LogP contribution in [0.3, 0.4) is 0 Å². The molecule has 0 aromatic rings. The van der Waals surface area contributed by atoms with Gasteiger partial charge in [-0.15, -0.1) is 11.6 Å². The molecule has 1 N–H and O–H groups in total. The van der Waals surface area contributed by atoms with Gasteiger partial charge < -0.3 is 10.2 Å². The van der Waals surface area contributed by atoms with E-state index in [0.717, 1.165) is 25.9 Å². The molecule has 0 spiro atoms. The molecule has 1 aliphatic heterocycles. The molecule has 15 heavy (non-hydrogen) atoms. The SMILES string of the molecule is O=C(CCCCl)NCC(=O)N1CCCC1. The van der Waals surface area contributed by atoms with Crippen molar-refractivity contribution in [2.45, 2.75) is 25.7 Å². The van der Waals surface area contributed by atoms with Gasteiger partial charge in [-0.2, -0.15) is 0 Å². The number of hydrogen-bond donors (Lipinski definition) is 1. The maximum absolute atomic E-state index is 11.5. The normalized spacial score (nSPS) is 15.4. The summed E-state index contributed by atoms with van der Waals surface area (Å²) in [4.78, 5) is 24.5. The third-order valence-corrected chi connectivity index (χ3v) is 2.70. The summed E-state index contributed by atoms with van der Waals surface area (Å²) in [7, 11) is 0. The molecule has 2 amide bonds. The van der Waals surface area contributed by atoms with Gasteiger partial charge in [0, 0.05) is 25.4 Å². The van der Waals surface area contributed by atoms with Crippen molar-refractivity contribution in [1.82, 2.24) is 10.2 Å². The number of rotatable bonds is 5. The molecule has 0 atom stereocenters. The predicted octanol–water partition coefficient (Wildman–Crippen LogP) is 0.744. The Kier molecular flexibility index (Phi) is 5.47. The quantitative estimate of drug-likeness (QED) is 0.711. The summed E-state index contributed by atoms with van der Waals surface area (Å²) in [6, 6.07) is 0. The average Bonchev–Trinajstić information content (AvgIpc) is 2.76. The van der Waals surface area contributed by atoms with Crippen molar-refractivity contribution in [3.8, 4) is 0 Å². The number of nitrogens with zero attached hydrogens (tertiary/aromatic N) is 1. The lowest BCUT2D eigenvalue weighted by Crippen LogP contribution is -2.38. The van der Waals surface area contributed by atoms with Crippen LogP contribution in [0.1, 0.15) is 25.7 Å². The van der Waals surface area contributed by atoms with Crippen LogP contribution in [-0.2, 0) is 9.59 Å². The van der Waals surface area contributed by atoms with Crippen molar-refractivity contribution >= 4 is 23.4 Å². The van der Waals surface area contributed by atoms with Gasteiger partial charge in [-0.3, -0.25) is 9.59 Å². The maximum atomic E-state index is 11.5. The second-order valence-electron chi connectivity index (χ2n) is 3.66. The van der Waals surface area contributed by atoms with Crippen LogP contribution in [0.5, 0.6) is 0 Å². The molecule has 0 saturated carbocycles. The summed E-state index contributed by atoms with van der Waals surface area (Å²) in [5, 5.41) is 2.61. The number of likely N-dealkylation sites (tertiary alicyclic amines) is 1. The number of carbonyl (C=O) groups is 2. The lowest BCUT2D eigenvalue weighted by atomic mass is 10.3. The van der Waals surface area contributed by atoms with Crippen LogP contribution in [-0.4, -0.2) is 42.2 Å². The summed E-state index contributed by atoms with van der Waals surface area (Å²) >= 11 is 5.46. The highest BCUT2D eigenvalue weighted by atomic mass is 35.5. The van der Waals surface area contributed by atoms with Crippen LogP contribution < -0.4 is 5.32 Å². The number of alkyl halides is 1. The molecule has 1 heterocycles. The summed E-state index contributed by atoms with van der Waals surface area (Å²) in [5.74, 6) is 0.406. The van der Waals surface area contributed by atoms with E-state index in [-0.39, 0.29) is 18.4 Å². The smallest absolute Gasteiger partial charge is 0.241 e. The highest BCUT2D eigenvalue weighted by molar-refractivity contribution is 6.17. The number of halogens is 1. The average molecular weight is 233 g/mol. The van der Waals surface area contributed by atoms with Crippen molar-refractivity contribution in [2.24, 2.45) is 0 Å². The monoisotopic (exact) mass is 232 g/mol. The van der Waals surface area contributed by atoms with E-state index in [1.165, 1.54) is 0 Å². The van der Waals surface area contributed by atoms with E-state index in [2.05, 4.69) is 5.32 Å². The third kappa shape index (κ3) is 4.51. The zero-order chi connectivity index (χ0) is 11.1. The first-order valence-electron chi connectivity index (χ1n) is 5.34. The van der Waals surface area contributed by atoms with E-state index < -0.39 is 0 Å². The highest BCUT2D eigenvalue weighted by Crippen LogP contribution is 2.06. The molecule has 4 nitrogen and oxygen atoms in total. The van der Waals surface area contributed by atoms with Gasteiger partial charge in [-0.05, 0) is 19.3 Å². The Morgan fingerprint density at radius 2 is 1.93 bits per heavy atom. The molecule has 5 heteroatoms. The first kappa shape index (κ1) is 12.3. The molecule has 0 radical (unpaired) electrons. The molecule has 0 unspecified atom stereocenters. The van der Waals surface area contributed by atoms with Gasteiger partial charge in [0.15, 0.2) is 0 Å². The van der Waals surface area contributed by atoms with E-state index in [1.807, 2.05) is 0 Å². The Hall–Kier alpha value is -0.770. The zero-order valence-corrected chi connectivity index (χ0v) is 9.55. The van der Waals surface area contributed by atoms with Gasteiger partial charge >= 0.3 is 0 Å². The van der Waals surface area contributed by atoms with Gasteiger partial charge in [0.2, 0.25) is 11.8 Å². The van der Waals surface area contributed by atoms with Crippen LogP contribution in [0.2, 0.25) is 0 Å². The lowest BCUT2D eigenvalue weighted by Gasteiger charge is -2.15. The van der Waals surface area contributed by atoms with E-state index in [4.69, 9.17) is 11.6 Å². The number of hydrogen-bond acceptors (Lipinski definition) is 2. The fourth-order valence-corrected chi connectivity index (χ4v) is 1.70. The van der Waals surface area contributed by atoms with Crippen LogP contribution in [0.15, 0.2) is 0 Å². The highest BCUT2D eigenvalue weighted by Gasteiger charge is 2.17. The van der Waals surface area contributed by atoms with E-state index in [9.17, 15) is 9.59 Å². The van der Waals surface area contributed by atoms with Gasteiger partial charge in [0.05, 0.1) is 6.54 Å². The zero-order valence-electron chi connectivity index (χ0n) is 8.80. The molecular formula is C10H17ClN2O2. The maximum Gasteiger partial charge on any atom is 0.241 e. The van der Waals surface area contributed by atoms with Crippen LogP contribution in [0, 0.1) is 0 Å². The van der Waals surface area contributed by atoms with Gasteiger partial charge in [-0.25, -0.2) is 0 Å². The molecule has 1 aliphatic rings. The summed E-state index contributed by atoms with van der Waals surface area (Å²) in [5.41, 5.74) is 0. The van der Waals surface area contributed by atoms with Crippen molar-refractivity contribution < 1.29 is 9.59 Å². The van der Waals surface area contributed by atoms with E-state index in [0.29, 0.717) is 18.7 Å². The van der Waals surface area contributed by atoms with Gasteiger partial charge in [-0.1, -0.05) is 0 Å². The first-order chi connectivity index (χ1) is 7.24. The fraction of sp³-hybridized carbons (Fsp3) is 0.800.